The molecular formula is C16H13BrF4N2O3S. The van der Waals surface area contributed by atoms with Gasteiger partial charge in [-0.15, -0.1) is 0 Å². The number of halogens is 5. The quantitative estimate of drug-likeness (QED) is 0.674. The van der Waals surface area contributed by atoms with Crippen LogP contribution in [0.4, 0.5) is 28.9 Å². The maximum absolute atomic E-state index is 13.8. The number of nitrogens with zero attached hydrogens (tertiary/aromatic N) is 1. The van der Waals surface area contributed by atoms with Crippen LogP contribution in [0, 0.1) is 5.82 Å². The number of rotatable bonds is 5. The monoisotopic (exact) mass is 468 g/mol. The molecule has 0 saturated heterocycles. The maximum atomic E-state index is 13.8. The van der Waals surface area contributed by atoms with E-state index in [0.29, 0.717) is 14.8 Å². The largest absolute Gasteiger partial charge is 0.416 e. The second kappa shape index (κ2) is 7.85. The van der Waals surface area contributed by atoms with E-state index in [1.165, 1.54) is 12.1 Å². The number of sulfonamides is 1. The van der Waals surface area contributed by atoms with E-state index >= 15 is 0 Å². The van der Waals surface area contributed by atoms with Crippen LogP contribution in [0.25, 0.3) is 0 Å². The SMILES string of the molecule is CS(=O)(=O)N(CC(=O)Nc1ccc(Br)cc1F)c1cccc(C(F)(F)F)c1. The van der Waals surface area contributed by atoms with Crippen molar-refractivity contribution in [3.8, 4) is 0 Å². The van der Waals surface area contributed by atoms with Gasteiger partial charge in [0.15, 0.2) is 0 Å². The van der Waals surface area contributed by atoms with Crippen molar-refractivity contribution in [2.24, 2.45) is 0 Å². The normalized spacial score (nSPS) is 11.9. The van der Waals surface area contributed by atoms with E-state index in [4.69, 9.17) is 0 Å². The number of hydrogen-bond acceptors (Lipinski definition) is 3. The van der Waals surface area contributed by atoms with Gasteiger partial charge in [-0.2, -0.15) is 13.2 Å². The minimum Gasteiger partial charge on any atom is -0.322 e. The van der Waals surface area contributed by atoms with E-state index in [-0.39, 0.29) is 11.4 Å². The van der Waals surface area contributed by atoms with Gasteiger partial charge in [0, 0.05) is 4.47 Å². The van der Waals surface area contributed by atoms with Gasteiger partial charge in [0.2, 0.25) is 15.9 Å². The first-order valence-corrected chi connectivity index (χ1v) is 9.92. The smallest absolute Gasteiger partial charge is 0.322 e. The lowest BCUT2D eigenvalue weighted by molar-refractivity contribution is -0.137. The van der Waals surface area contributed by atoms with Gasteiger partial charge < -0.3 is 5.32 Å². The minimum absolute atomic E-state index is 0.194. The van der Waals surface area contributed by atoms with Crippen LogP contribution in [0.15, 0.2) is 46.9 Å². The summed E-state index contributed by atoms with van der Waals surface area (Å²) >= 11 is 3.05. The van der Waals surface area contributed by atoms with E-state index in [1.54, 1.807) is 0 Å². The van der Waals surface area contributed by atoms with Gasteiger partial charge in [0.1, 0.15) is 12.4 Å². The highest BCUT2D eigenvalue weighted by Gasteiger charge is 2.32. The Balaban J connectivity index is 2.29. The van der Waals surface area contributed by atoms with Gasteiger partial charge in [-0.3, -0.25) is 9.10 Å². The van der Waals surface area contributed by atoms with Gasteiger partial charge in [0.25, 0.3) is 0 Å². The molecule has 146 valence electrons. The molecule has 0 aliphatic rings. The molecule has 0 saturated carbocycles. The lowest BCUT2D eigenvalue weighted by Crippen LogP contribution is -2.37. The fraction of sp³-hybridized carbons (Fsp3) is 0.188. The van der Waals surface area contributed by atoms with Gasteiger partial charge >= 0.3 is 6.18 Å². The first-order valence-electron chi connectivity index (χ1n) is 7.28. The molecule has 0 heterocycles. The molecule has 0 aliphatic carbocycles. The summed E-state index contributed by atoms with van der Waals surface area (Å²) in [6.07, 6.45) is -3.93. The Hall–Kier alpha value is -2.14. The molecule has 11 heteroatoms. The fourth-order valence-electron chi connectivity index (χ4n) is 2.15. The van der Waals surface area contributed by atoms with Crippen molar-refractivity contribution in [1.82, 2.24) is 0 Å². The van der Waals surface area contributed by atoms with E-state index in [1.807, 2.05) is 0 Å². The summed E-state index contributed by atoms with van der Waals surface area (Å²) in [4.78, 5) is 12.1. The summed E-state index contributed by atoms with van der Waals surface area (Å²) in [5.41, 5.74) is -1.59. The predicted molar refractivity (Wildman–Crippen MR) is 96.4 cm³/mol. The molecule has 0 bridgehead atoms. The molecule has 1 N–H and O–H groups in total. The molecule has 27 heavy (non-hydrogen) atoms. The molecule has 2 rings (SSSR count). The molecule has 0 unspecified atom stereocenters. The van der Waals surface area contributed by atoms with Crippen molar-refractivity contribution in [2.45, 2.75) is 6.18 Å². The topological polar surface area (TPSA) is 66.5 Å². The van der Waals surface area contributed by atoms with Gasteiger partial charge in [-0.1, -0.05) is 22.0 Å². The summed E-state index contributed by atoms with van der Waals surface area (Å²) in [5, 5.41) is 2.19. The number of amides is 1. The van der Waals surface area contributed by atoms with Crippen molar-refractivity contribution in [1.29, 1.82) is 0 Å². The van der Waals surface area contributed by atoms with Crippen molar-refractivity contribution >= 4 is 43.2 Å². The zero-order valence-electron chi connectivity index (χ0n) is 13.7. The molecule has 0 aliphatic heterocycles. The van der Waals surface area contributed by atoms with Crippen molar-refractivity contribution in [3.05, 3.63) is 58.3 Å². The highest BCUT2D eigenvalue weighted by atomic mass is 79.9. The van der Waals surface area contributed by atoms with Crippen molar-refractivity contribution < 1.29 is 30.8 Å². The second-order valence-corrected chi connectivity index (χ2v) is 8.31. The Morgan fingerprint density at radius 3 is 2.41 bits per heavy atom. The van der Waals surface area contributed by atoms with Gasteiger partial charge in [0.05, 0.1) is 23.2 Å². The molecule has 2 aromatic rings. The van der Waals surface area contributed by atoms with Crippen LogP contribution in [-0.4, -0.2) is 27.1 Å². The number of benzene rings is 2. The zero-order valence-corrected chi connectivity index (χ0v) is 16.1. The van der Waals surface area contributed by atoms with Crippen LogP contribution in [-0.2, 0) is 21.0 Å². The van der Waals surface area contributed by atoms with Crippen LogP contribution < -0.4 is 9.62 Å². The van der Waals surface area contributed by atoms with Crippen LogP contribution in [0.3, 0.4) is 0 Å². The molecular weight excluding hydrogens is 456 g/mol. The number of hydrogen-bond donors (Lipinski definition) is 1. The number of carbonyl (C=O) groups excluding carboxylic acids is 1. The second-order valence-electron chi connectivity index (χ2n) is 5.49. The number of carbonyl (C=O) groups is 1. The Labute approximate surface area is 161 Å². The first kappa shape index (κ1) is 21.2. The molecule has 0 aromatic heterocycles. The molecule has 0 radical (unpaired) electrons. The van der Waals surface area contributed by atoms with E-state index in [9.17, 15) is 30.8 Å². The highest BCUT2D eigenvalue weighted by molar-refractivity contribution is 9.10. The molecule has 1 amide bonds. The van der Waals surface area contributed by atoms with Crippen LogP contribution in [0.5, 0.6) is 0 Å². The summed E-state index contributed by atoms with van der Waals surface area (Å²) in [6, 6.07) is 7.37. The minimum atomic E-state index is -4.68. The molecule has 2 aromatic carbocycles. The fourth-order valence-corrected chi connectivity index (χ4v) is 3.33. The summed E-state index contributed by atoms with van der Waals surface area (Å²) in [6.45, 7) is -0.824. The Morgan fingerprint density at radius 2 is 1.85 bits per heavy atom. The van der Waals surface area contributed by atoms with Crippen molar-refractivity contribution in [2.75, 3.05) is 22.4 Å². The standard InChI is InChI=1S/C16H13BrF4N2O3S/c1-27(25,26)23(12-4-2-3-10(7-12)16(19,20)21)9-15(24)22-14-6-5-11(17)8-13(14)18/h2-8H,9H2,1H3,(H,22,24). The third-order valence-electron chi connectivity index (χ3n) is 3.35. The molecule has 0 atom stereocenters. The number of nitrogens with one attached hydrogen (secondary N) is 1. The summed E-state index contributed by atoms with van der Waals surface area (Å²) < 4.78 is 77.3. The maximum Gasteiger partial charge on any atom is 0.416 e. The first-order chi connectivity index (χ1) is 12.4. The zero-order chi connectivity index (χ0) is 20.4. The Bertz CT molecular complexity index is 964. The number of alkyl halides is 3. The molecule has 0 fully saturated rings. The molecule has 0 spiro atoms. The summed E-state index contributed by atoms with van der Waals surface area (Å²) in [7, 11) is -4.08. The average Bonchev–Trinajstić information content (AvgIpc) is 2.53. The van der Waals surface area contributed by atoms with E-state index < -0.39 is 40.0 Å². The van der Waals surface area contributed by atoms with Crippen LogP contribution in [0.1, 0.15) is 5.56 Å². The van der Waals surface area contributed by atoms with E-state index in [0.717, 1.165) is 30.5 Å². The Morgan fingerprint density at radius 1 is 1.19 bits per heavy atom. The van der Waals surface area contributed by atoms with E-state index in [2.05, 4.69) is 21.2 Å². The third-order valence-corrected chi connectivity index (χ3v) is 4.99. The Kier molecular flexibility index (Phi) is 6.15. The number of anilines is 2. The third kappa shape index (κ3) is 5.67. The van der Waals surface area contributed by atoms with Gasteiger partial charge in [-0.05, 0) is 36.4 Å². The lowest BCUT2D eigenvalue weighted by Gasteiger charge is -2.23. The predicted octanol–water partition coefficient (Wildman–Crippen LogP) is 4.01. The average molecular weight is 469 g/mol. The molecule has 5 nitrogen and oxygen atoms in total. The highest BCUT2D eigenvalue weighted by Crippen LogP contribution is 2.32. The summed E-state index contributed by atoms with van der Waals surface area (Å²) in [5.74, 6) is -1.68. The van der Waals surface area contributed by atoms with Gasteiger partial charge in [-0.25, -0.2) is 12.8 Å². The van der Waals surface area contributed by atoms with Crippen LogP contribution >= 0.6 is 15.9 Å². The lowest BCUT2D eigenvalue weighted by atomic mass is 10.2. The van der Waals surface area contributed by atoms with Crippen LogP contribution in [0.2, 0.25) is 0 Å². The van der Waals surface area contributed by atoms with Crippen molar-refractivity contribution in [3.63, 3.8) is 0 Å².